The zero-order valence-electron chi connectivity index (χ0n) is 15.4. The molecule has 6 nitrogen and oxygen atoms in total. The van der Waals surface area contributed by atoms with E-state index in [0.29, 0.717) is 24.0 Å². The molecule has 0 aliphatic carbocycles. The van der Waals surface area contributed by atoms with Gasteiger partial charge in [0.1, 0.15) is 5.69 Å². The van der Waals surface area contributed by atoms with Gasteiger partial charge < -0.3 is 14.8 Å². The maximum Gasteiger partial charge on any atom is 0.287 e. The average molecular weight is 334 g/mol. The van der Waals surface area contributed by atoms with Crippen LogP contribution in [0.1, 0.15) is 73.3 Å². The fourth-order valence-corrected chi connectivity index (χ4v) is 2.94. The first kappa shape index (κ1) is 18.5. The van der Waals surface area contributed by atoms with Gasteiger partial charge in [-0.2, -0.15) is 0 Å². The second-order valence-electron chi connectivity index (χ2n) is 7.02. The summed E-state index contributed by atoms with van der Waals surface area (Å²) in [6.07, 6.45) is 4.89. The highest BCUT2D eigenvalue weighted by Gasteiger charge is 2.28. The van der Waals surface area contributed by atoms with Crippen molar-refractivity contribution in [1.82, 2.24) is 19.8 Å². The molecule has 2 rings (SSSR count). The Hall–Kier alpha value is -1.85. The predicted octanol–water partition coefficient (Wildman–Crippen LogP) is 2.48. The summed E-state index contributed by atoms with van der Waals surface area (Å²) in [5, 5.41) is 2.92. The van der Waals surface area contributed by atoms with Gasteiger partial charge in [0.2, 0.25) is 0 Å². The molecule has 0 saturated carbocycles. The summed E-state index contributed by atoms with van der Waals surface area (Å²) in [5.74, 6) is 0.516. The third-order valence-corrected chi connectivity index (χ3v) is 4.39. The first-order chi connectivity index (χ1) is 11.5. The Morgan fingerprint density at radius 2 is 2.08 bits per heavy atom. The fraction of sp³-hybridized carbons (Fsp3) is 0.722. The number of amides is 2. The van der Waals surface area contributed by atoms with Crippen LogP contribution in [0.4, 0.5) is 0 Å². The summed E-state index contributed by atoms with van der Waals surface area (Å²) in [6.45, 7) is 8.31. The zero-order chi connectivity index (χ0) is 17.7. The molecular weight excluding hydrogens is 304 g/mol. The van der Waals surface area contributed by atoms with Crippen molar-refractivity contribution in [2.75, 3.05) is 20.1 Å². The van der Waals surface area contributed by atoms with Crippen LogP contribution >= 0.6 is 0 Å². The molecule has 0 radical (unpaired) electrons. The van der Waals surface area contributed by atoms with E-state index in [4.69, 9.17) is 0 Å². The van der Waals surface area contributed by atoms with Crippen LogP contribution in [0.5, 0.6) is 0 Å². The summed E-state index contributed by atoms with van der Waals surface area (Å²) in [5.41, 5.74) is 1.38. The van der Waals surface area contributed by atoms with Crippen LogP contribution in [0, 0.1) is 5.92 Å². The lowest BCUT2D eigenvalue weighted by Crippen LogP contribution is -2.30. The maximum absolute atomic E-state index is 12.7. The average Bonchev–Trinajstić information content (AvgIpc) is 2.96. The molecule has 1 N–H and O–H groups in total. The van der Waals surface area contributed by atoms with E-state index in [9.17, 15) is 9.59 Å². The van der Waals surface area contributed by atoms with E-state index < -0.39 is 0 Å². The van der Waals surface area contributed by atoms with Gasteiger partial charge in [0.25, 0.3) is 11.8 Å². The van der Waals surface area contributed by atoms with Crippen LogP contribution < -0.4 is 5.32 Å². The van der Waals surface area contributed by atoms with Gasteiger partial charge in [-0.1, -0.05) is 27.2 Å². The molecule has 0 fully saturated rings. The van der Waals surface area contributed by atoms with E-state index in [1.165, 1.54) is 0 Å². The van der Waals surface area contributed by atoms with Gasteiger partial charge in [-0.05, 0) is 31.6 Å². The van der Waals surface area contributed by atoms with Crippen molar-refractivity contribution in [1.29, 1.82) is 0 Å². The summed E-state index contributed by atoms with van der Waals surface area (Å²) in [7, 11) is 1.81. The minimum Gasteiger partial charge on any atom is -0.349 e. The third-order valence-electron chi connectivity index (χ3n) is 4.39. The lowest BCUT2D eigenvalue weighted by Gasteiger charge is -2.19. The van der Waals surface area contributed by atoms with Crippen molar-refractivity contribution in [2.45, 2.75) is 59.4 Å². The van der Waals surface area contributed by atoms with Crippen LogP contribution in [0.3, 0.4) is 0 Å². The first-order valence-corrected chi connectivity index (χ1v) is 9.08. The minimum atomic E-state index is -0.179. The van der Waals surface area contributed by atoms with Crippen molar-refractivity contribution >= 4 is 11.8 Å². The number of carbonyl (C=O) groups excluding carboxylic acids is 2. The van der Waals surface area contributed by atoms with Crippen molar-refractivity contribution in [3.63, 3.8) is 0 Å². The molecule has 134 valence electrons. The predicted molar refractivity (Wildman–Crippen MR) is 94.2 cm³/mol. The van der Waals surface area contributed by atoms with Gasteiger partial charge in [-0.25, -0.2) is 4.98 Å². The molecule has 1 aliphatic heterocycles. The number of imidazole rings is 1. The molecule has 0 atom stereocenters. The fourth-order valence-electron chi connectivity index (χ4n) is 2.94. The van der Waals surface area contributed by atoms with Crippen molar-refractivity contribution in [3.05, 3.63) is 17.2 Å². The number of fused-ring (bicyclic) bond motifs is 1. The molecule has 2 amide bonds. The number of carbonyl (C=O) groups is 2. The first-order valence-electron chi connectivity index (χ1n) is 9.08. The molecule has 1 aromatic heterocycles. The van der Waals surface area contributed by atoms with Gasteiger partial charge in [0, 0.05) is 26.7 Å². The van der Waals surface area contributed by atoms with E-state index in [2.05, 4.69) is 31.1 Å². The summed E-state index contributed by atoms with van der Waals surface area (Å²) in [6, 6.07) is 0. The molecule has 24 heavy (non-hydrogen) atoms. The Balaban J connectivity index is 2.26. The second-order valence-corrected chi connectivity index (χ2v) is 7.02. The molecule has 1 aliphatic rings. The van der Waals surface area contributed by atoms with Crippen LogP contribution in [0.25, 0.3) is 0 Å². The van der Waals surface area contributed by atoms with Crippen LogP contribution in [0.15, 0.2) is 0 Å². The quantitative estimate of drug-likeness (QED) is 0.833. The van der Waals surface area contributed by atoms with Gasteiger partial charge in [0.15, 0.2) is 5.82 Å². The number of rotatable bonds is 7. The normalized spacial score (nSPS) is 13.7. The SMILES string of the molecule is CCCCN(C)C(=O)c1nc(C(=O)NCC(C)C)n2c1CCCC2. The van der Waals surface area contributed by atoms with E-state index >= 15 is 0 Å². The van der Waals surface area contributed by atoms with Crippen LogP contribution in [-0.2, 0) is 13.0 Å². The zero-order valence-corrected chi connectivity index (χ0v) is 15.4. The Labute approximate surface area is 144 Å². The summed E-state index contributed by atoms with van der Waals surface area (Å²) in [4.78, 5) is 31.4. The van der Waals surface area contributed by atoms with Crippen molar-refractivity contribution in [2.24, 2.45) is 5.92 Å². The van der Waals surface area contributed by atoms with E-state index in [-0.39, 0.29) is 11.8 Å². The van der Waals surface area contributed by atoms with Crippen molar-refractivity contribution in [3.8, 4) is 0 Å². The number of unbranched alkanes of at least 4 members (excludes halogenated alkanes) is 1. The second kappa shape index (κ2) is 8.31. The summed E-state index contributed by atoms with van der Waals surface area (Å²) >= 11 is 0. The van der Waals surface area contributed by atoms with E-state index in [0.717, 1.165) is 50.9 Å². The van der Waals surface area contributed by atoms with E-state index in [1.807, 2.05) is 11.6 Å². The molecule has 1 aromatic rings. The van der Waals surface area contributed by atoms with Crippen LogP contribution in [-0.4, -0.2) is 46.4 Å². The molecule has 2 heterocycles. The highest BCUT2D eigenvalue weighted by Crippen LogP contribution is 2.22. The largest absolute Gasteiger partial charge is 0.349 e. The summed E-state index contributed by atoms with van der Waals surface area (Å²) < 4.78 is 1.94. The Kier molecular flexibility index (Phi) is 6.40. The number of hydrogen-bond donors (Lipinski definition) is 1. The Morgan fingerprint density at radius 1 is 1.33 bits per heavy atom. The van der Waals surface area contributed by atoms with Crippen molar-refractivity contribution < 1.29 is 9.59 Å². The van der Waals surface area contributed by atoms with Gasteiger partial charge in [-0.3, -0.25) is 9.59 Å². The minimum absolute atomic E-state index is 0.0722. The molecule has 0 aromatic carbocycles. The highest BCUT2D eigenvalue weighted by molar-refractivity contribution is 5.97. The maximum atomic E-state index is 12.7. The standard InChI is InChI=1S/C18H30N4O2/c1-5-6-10-21(4)18(24)15-14-9-7-8-11-22(14)16(20-15)17(23)19-12-13(2)3/h13H,5-12H2,1-4H3,(H,19,23). The lowest BCUT2D eigenvalue weighted by atomic mass is 10.1. The number of aromatic nitrogens is 2. The lowest BCUT2D eigenvalue weighted by molar-refractivity contribution is 0.0786. The number of hydrogen-bond acceptors (Lipinski definition) is 3. The van der Waals surface area contributed by atoms with Gasteiger partial charge in [0.05, 0.1) is 5.69 Å². The Bertz CT molecular complexity index is 592. The monoisotopic (exact) mass is 334 g/mol. The third kappa shape index (κ3) is 4.16. The molecule has 6 heteroatoms. The molecule has 0 bridgehead atoms. The molecule has 0 spiro atoms. The molecular formula is C18H30N4O2. The van der Waals surface area contributed by atoms with Gasteiger partial charge in [-0.15, -0.1) is 0 Å². The smallest absolute Gasteiger partial charge is 0.287 e. The number of nitrogens with one attached hydrogen (secondary N) is 1. The topological polar surface area (TPSA) is 67.2 Å². The highest BCUT2D eigenvalue weighted by atomic mass is 16.2. The number of nitrogens with zero attached hydrogens (tertiary/aromatic N) is 3. The van der Waals surface area contributed by atoms with Crippen LogP contribution in [0.2, 0.25) is 0 Å². The van der Waals surface area contributed by atoms with Gasteiger partial charge >= 0.3 is 0 Å². The molecule has 0 unspecified atom stereocenters. The van der Waals surface area contributed by atoms with E-state index in [1.54, 1.807) is 4.90 Å². The Morgan fingerprint density at radius 3 is 2.75 bits per heavy atom. The molecule has 0 saturated heterocycles.